The number of likely N-dealkylation sites (tertiary alicyclic amines) is 1. The molecule has 1 fully saturated rings. The molecule has 7 amide bonds. The molecule has 0 saturated carbocycles. The normalized spacial score (nSPS) is 16.2. The van der Waals surface area contributed by atoms with E-state index in [1.54, 1.807) is 27.7 Å². The lowest BCUT2D eigenvalue weighted by molar-refractivity contribution is -0.143. The van der Waals surface area contributed by atoms with Crippen molar-refractivity contribution in [1.82, 2.24) is 36.8 Å². The summed E-state index contributed by atoms with van der Waals surface area (Å²) in [5, 5.41) is 42.6. The van der Waals surface area contributed by atoms with E-state index >= 15 is 0 Å². The van der Waals surface area contributed by atoms with Crippen molar-refractivity contribution in [3.05, 3.63) is 0 Å². The molecule has 0 aromatic carbocycles. The van der Waals surface area contributed by atoms with Gasteiger partial charge in [0, 0.05) is 19.5 Å². The summed E-state index contributed by atoms with van der Waals surface area (Å²) in [4.78, 5) is 119. The van der Waals surface area contributed by atoms with E-state index in [1.165, 1.54) is 4.90 Å². The van der Waals surface area contributed by atoms with Crippen LogP contribution < -0.4 is 49.1 Å². The minimum absolute atomic E-state index is 0.0433. The molecule has 23 heteroatoms. The van der Waals surface area contributed by atoms with Crippen molar-refractivity contribution in [2.24, 2.45) is 34.0 Å². The highest BCUT2D eigenvalue weighted by molar-refractivity contribution is 5.96. The maximum absolute atomic E-state index is 13.6. The lowest BCUT2D eigenvalue weighted by Gasteiger charge is -2.26. The number of hydrogen-bond acceptors (Lipinski definition) is 12. The Kier molecular flexibility index (Phi) is 22.3. The fourth-order valence-corrected chi connectivity index (χ4v) is 5.89. The predicted molar refractivity (Wildman–Crippen MR) is 207 cm³/mol. The Hall–Kier alpha value is -5.58. The number of rotatable bonds is 26. The minimum Gasteiger partial charge on any atom is -0.481 e. The van der Waals surface area contributed by atoms with Gasteiger partial charge < -0.3 is 69.3 Å². The van der Waals surface area contributed by atoms with Crippen LogP contribution in [-0.2, 0) is 43.2 Å². The standard InChI is InChI=1S/C35H61N11O12/c1-18(2)13-23(42-27(49)16-40-26(48)15-41-32(55)25-8-6-12-46(25)33(56)20(36)17-47)31(54)43-21(7-5-11-39-35(37)38)29(52)44-22(9-10-28(50)51)30(53)45-24(34(57)58)14-19(3)4/h18-25,47H,5-17,36H2,1-4H3,(H,40,48)(H,41,55)(H,42,49)(H,43,54)(H,44,52)(H,45,53)(H,50,51)(H,57,58)(H4,37,38,39)/t20-,21-,22-,23-,24-,25-/m0/s1. The number of guanidine groups is 1. The molecule has 6 atom stereocenters. The van der Waals surface area contributed by atoms with Crippen LogP contribution in [0.4, 0.5) is 0 Å². The van der Waals surface area contributed by atoms with Gasteiger partial charge in [0.05, 0.1) is 19.7 Å². The number of amides is 7. The topological polar surface area (TPSA) is 380 Å². The van der Waals surface area contributed by atoms with Crippen LogP contribution in [0.1, 0.15) is 79.1 Å². The molecule has 0 bridgehead atoms. The molecule has 15 N–H and O–H groups in total. The van der Waals surface area contributed by atoms with Crippen molar-refractivity contribution >= 4 is 59.2 Å². The quantitative estimate of drug-likeness (QED) is 0.0222. The fraction of sp³-hybridized carbons (Fsp3) is 0.714. The van der Waals surface area contributed by atoms with Crippen LogP contribution in [0.25, 0.3) is 0 Å². The highest BCUT2D eigenvalue weighted by atomic mass is 16.4. The van der Waals surface area contributed by atoms with E-state index < -0.39 is 122 Å². The summed E-state index contributed by atoms with van der Waals surface area (Å²) in [6.45, 7) is 5.57. The van der Waals surface area contributed by atoms with Gasteiger partial charge in [-0.3, -0.25) is 43.3 Å². The molecule has 23 nitrogen and oxygen atoms in total. The number of carbonyl (C=O) groups is 9. The molecule has 0 aliphatic carbocycles. The lowest BCUT2D eigenvalue weighted by atomic mass is 10.0. The molecule has 1 heterocycles. The van der Waals surface area contributed by atoms with Gasteiger partial charge in [-0.15, -0.1) is 0 Å². The van der Waals surface area contributed by atoms with Crippen LogP contribution in [0.3, 0.4) is 0 Å². The molecule has 1 aliphatic heterocycles. The Bertz CT molecular complexity index is 1490. The number of hydrogen-bond donors (Lipinski definition) is 12. The van der Waals surface area contributed by atoms with Crippen molar-refractivity contribution in [1.29, 1.82) is 0 Å². The zero-order valence-electron chi connectivity index (χ0n) is 33.5. The summed E-state index contributed by atoms with van der Waals surface area (Å²) in [5.41, 5.74) is 16.4. The van der Waals surface area contributed by atoms with Crippen LogP contribution >= 0.6 is 0 Å². The molecule has 1 aliphatic rings. The summed E-state index contributed by atoms with van der Waals surface area (Å²) >= 11 is 0. The zero-order valence-corrected chi connectivity index (χ0v) is 33.5. The third-order valence-electron chi connectivity index (χ3n) is 8.76. The number of aliphatic hydroxyl groups is 1. The van der Waals surface area contributed by atoms with Gasteiger partial charge in [0.25, 0.3) is 0 Å². The Morgan fingerprint density at radius 2 is 1.28 bits per heavy atom. The van der Waals surface area contributed by atoms with Crippen LogP contribution in [0.2, 0.25) is 0 Å². The van der Waals surface area contributed by atoms with Crippen LogP contribution in [0.15, 0.2) is 4.99 Å². The minimum atomic E-state index is -1.50. The lowest BCUT2D eigenvalue weighted by Crippen LogP contribution is -2.58. The first-order chi connectivity index (χ1) is 27.2. The van der Waals surface area contributed by atoms with Crippen molar-refractivity contribution in [2.45, 2.75) is 115 Å². The number of aliphatic carboxylic acids is 2. The van der Waals surface area contributed by atoms with Gasteiger partial charge >= 0.3 is 11.9 Å². The molecule has 0 aromatic heterocycles. The fourth-order valence-electron chi connectivity index (χ4n) is 5.89. The first kappa shape index (κ1) is 50.4. The molecule has 328 valence electrons. The Morgan fingerprint density at radius 3 is 1.81 bits per heavy atom. The first-order valence-electron chi connectivity index (χ1n) is 19.1. The van der Waals surface area contributed by atoms with E-state index in [2.05, 4.69) is 36.9 Å². The zero-order chi connectivity index (χ0) is 44.1. The summed E-state index contributed by atoms with van der Waals surface area (Å²) in [5.74, 6) is -8.57. The second-order valence-corrected chi connectivity index (χ2v) is 14.8. The van der Waals surface area contributed by atoms with Crippen LogP contribution in [0, 0.1) is 11.8 Å². The number of nitrogens with two attached hydrogens (primary N) is 3. The van der Waals surface area contributed by atoms with E-state index in [-0.39, 0.29) is 56.6 Å². The average molecular weight is 828 g/mol. The van der Waals surface area contributed by atoms with Crippen LogP contribution in [0.5, 0.6) is 0 Å². The van der Waals surface area contributed by atoms with Crippen molar-refractivity contribution in [3.8, 4) is 0 Å². The number of carboxylic acid groups (broad SMARTS) is 2. The third kappa shape index (κ3) is 19.0. The number of nitrogens with one attached hydrogen (secondary N) is 6. The first-order valence-corrected chi connectivity index (χ1v) is 19.1. The Balaban J connectivity index is 3.05. The van der Waals surface area contributed by atoms with Gasteiger partial charge in [0.1, 0.15) is 36.3 Å². The van der Waals surface area contributed by atoms with E-state index in [0.717, 1.165) is 0 Å². The summed E-state index contributed by atoms with van der Waals surface area (Å²) in [6.07, 6.45) is 0.0631. The van der Waals surface area contributed by atoms with E-state index in [1.807, 2.05) is 0 Å². The molecule has 0 spiro atoms. The van der Waals surface area contributed by atoms with Crippen molar-refractivity contribution in [3.63, 3.8) is 0 Å². The molecule has 0 radical (unpaired) electrons. The van der Waals surface area contributed by atoms with Gasteiger partial charge in [-0.1, -0.05) is 27.7 Å². The van der Waals surface area contributed by atoms with Gasteiger partial charge in [-0.25, -0.2) is 4.79 Å². The van der Waals surface area contributed by atoms with Gasteiger partial charge in [-0.05, 0) is 56.8 Å². The molecular formula is C35H61N11O12. The highest BCUT2D eigenvalue weighted by Crippen LogP contribution is 2.18. The summed E-state index contributed by atoms with van der Waals surface area (Å²) < 4.78 is 0. The number of carbonyl (C=O) groups excluding carboxylic acids is 7. The summed E-state index contributed by atoms with van der Waals surface area (Å²) in [6, 6.07) is -7.50. The monoisotopic (exact) mass is 827 g/mol. The molecule has 0 aromatic rings. The predicted octanol–water partition coefficient (Wildman–Crippen LogP) is -4.44. The van der Waals surface area contributed by atoms with Gasteiger partial charge in [0.15, 0.2) is 5.96 Å². The third-order valence-corrected chi connectivity index (χ3v) is 8.76. The maximum Gasteiger partial charge on any atom is 0.326 e. The SMILES string of the molecule is CC(C)C[C@H](NC(=O)[C@H](CCC(=O)O)NC(=O)[C@H](CCCN=C(N)N)NC(=O)[C@H](CC(C)C)NC(=O)CNC(=O)CNC(=O)[C@@H]1CCCN1C(=O)[C@@H](N)CO)C(=O)O. The molecule has 1 rings (SSSR count). The molecular weight excluding hydrogens is 766 g/mol. The maximum atomic E-state index is 13.6. The number of aliphatic imine (C=N–C) groups is 1. The molecule has 0 unspecified atom stereocenters. The number of aliphatic hydroxyl groups excluding tert-OH is 1. The number of nitrogens with zero attached hydrogens (tertiary/aromatic N) is 2. The Labute approximate surface area is 336 Å². The second kappa shape index (κ2) is 25.6. The summed E-state index contributed by atoms with van der Waals surface area (Å²) in [7, 11) is 0. The van der Waals surface area contributed by atoms with Crippen LogP contribution in [-0.4, -0.2) is 149 Å². The van der Waals surface area contributed by atoms with Gasteiger partial charge in [0.2, 0.25) is 41.4 Å². The highest BCUT2D eigenvalue weighted by Gasteiger charge is 2.36. The Morgan fingerprint density at radius 1 is 0.741 bits per heavy atom. The smallest absolute Gasteiger partial charge is 0.326 e. The van der Waals surface area contributed by atoms with E-state index in [9.17, 15) is 58.5 Å². The van der Waals surface area contributed by atoms with Gasteiger partial charge in [-0.2, -0.15) is 0 Å². The van der Waals surface area contributed by atoms with Crippen molar-refractivity contribution < 1.29 is 58.5 Å². The van der Waals surface area contributed by atoms with Crippen molar-refractivity contribution in [2.75, 3.05) is 32.8 Å². The molecule has 1 saturated heterocycles. The van der Waals surface area contributed by atoms with E-state index in [4.69, 9.17) is 17.2 Å². The largest absolute Gasteiger partial charge is 0.481 e. The van der Waals surface area contributed by atoms with E-state index in [0.29, 0.717) is 12.8 Å². The average Bonchev–Trinajstić information content (AvgIpc) is 3.64. The second-order valence-electron chi connectivity index (χ2n) is 14.8. The number of carboxylic acids is 2. The molecule has 58 heavy (non-hydrogen) atoms.